The van der Waals surface area contributed by atoms with Crippen molar-refractivity contribution < 1.29 is 40.8 Å². The van der Waals surface area contributed by atoms with E-state index in [4.69, 9.17) is 4.42 Å². The van der Waals surface area contributed by atoms with Gasteiger partial charge in [0.05, 0.1) is 17.6 Å². The fourth-order valence-electron chi connectivity index (χ4n) is 6.25. The van der Waals surface area contributed by atoms with Crippen molar-refractivity contribution in [1.29, 1.82) is 0 Å². The number of urea groups is 1. The maximum absolute atomic E-state index is 14.0. The number of hydrogen-bond acceptors (Lipinski definition) is 10. The number of alkyl halides is 5. The molecular formula is C36H33F5N10O4. The minimum absolute atomic E-state index is 0.0930. The van der Waals surface area contributed by atoms with Crippen LogP contribution in [-0.2, 0) is 11.3 Å². The lowest BCUT2D eigenvalue weighted by molar-refractivity contribution is -0.120. The van der Waals surface area contributed by atoms with E-state index < -0.39 is 36.8 Å². The van der Waals surface area contributed by atoms with Crippen LogP contribution in [0, 0.1) is 0 Å². The number of benzene rings is 2. The monoisotopic (exact) mass is 764 g/mol. The maximum Gasteiger partial charge on any atom is 0.405 e. The van der Waals surface area contributed by atoms with Crippen LogP contribution in [0.4, 0.5) is 49.6 Å². The third-order valence-electron chi connectivity index (χ3n) is 8.99. The fraction of sp³-hybridized carbons (Fsp3) is 0.278. The van der Waals surface area contributed by atoms with Crippen molar-refractivity contribution in [1.82, 2.24) is 30.0 Å². The molecule has 4 amide bonds. The Balaban J connectivity index is 0.969. The molecule has 286 valence electrons. The second kappa shape index (κ2) is 15.5. The second-order valence-corrected chi connectivity index (χ2v) is 12.7. The summed E-state index contributed by atoms with van der Waals surface area (Å²) in [5.41, 5.74) is 2.21. The first-order valence-corrected chi connectivity index (χ1v) is 17.1. The van der Waals surface area contributed by atoms with Crippen LogP contribution >= 0.6 is 0 Å². The van der Waals surface area contributed by atoms with Crippen LogP contribution in [-0.4, -0.2) is 87.9 Å². The summed E-state index contributed by atoms with van der Waals surface area (Å²) in [6, 6.07) is 17.1. The van der Waals surface area contributed by atoms with E-state index in [0.29, 0.717) is 31.9 Å². The molecule has 7 rings (SSSR count). The van der Waals surface area contributed by atoms with Gasteiger partial charge in [-0.2, -0.15) is 18.3 Å². The summed E-state index contributed by atoms with van der Waals surface area (Å²) in [5, 5.41) is 10.9. The number of rotatable bonds is 11. The Bertz CT molecular complexity index is 2180. The first kappa shape index (κ1) is 37.0. The highest BCUT2D eigenvalue weighted by Gasteiger charge is 2.29. The summed E-state index contributed by atoms with van der Waals surface area (Å²) in [6.45, 7) is 2.57. The van der Waals surface area contributed by atoms with Crippen molar-refractivity contribution in [3.8, 4) is 17.1 Å². The van der Waals surface area contributed by atoms with Gasteiger partial charge >= 0.3 is 12.2 Å². The van der Waals surface area contributed by atoms with Gasteiger partial charge in [-0.1, -0.05) is 18.2 Å². The molecule has 0 spiro atoms. The van der Waals surface area contributed by atoms with E-state index in [9.17, 15) is 36.3 Å². The van der Waals surface area contributed by atoms with Crippen LogP contribution in [0.15, 0.2) is 83.7 Å². The lowest BCUT2D eigenvalue weighted by atomic mass is 10.1. The molecule has 55 heavy (non-hydrogen) atoms. The van der Waals surface area contributed by atoms with Crippen LogP contribution in [0.5, 0.6) is 0 Å². The van der Waals surface area contributed by atoms with Crippen LogP contribution in [0.2, 0.25) is 0 Å². The van der Waals surface area contributed by atoms with E-state index in [2.05, 4.69) is 40.8 Å². The summed E-state index contributed by atoms with van der Waals surface area (Å²) in [6.07, 6.45) is -3.74. The second-order valence-electron chi connectivity index (χ2n) is 12.7. The predicted octanol–water partition coefficient (Wildman–Crippen LogP) is 5.85. The Hall–Kier alpha value is -6.37. The van der Waals surface area contributed by atoms with E-state index in [1.807, 2.05) is 36.4 Å². The molecular weight excluding hydrogens is 731 g/mol. The first-order chi connectivity index (χ1) is 26.4. The zero-order valence-corrected chi connectivity index (χ0v) is 28.9. The van der Waals surface area contributed by atoms with E-state index in [1.54, 1.807) is 17.0 Å². The number of halogens is 5. The highest BCUT2D eigenvalue weighted by molar-refractivity contribution is 6.06. The number of hydrogen-bond donors (Lipinski definition) is 3. The van der Waals surface area contributed by atoms with Gasteiger partial charge in [0.1, 0.15) is 18.6 Å². The minimum atomic E-state index is -4.46. The van der Waals surface area contributed by atoms with Gasteiger partial charge in [-0.05, 0) is 48.0 Å². The van der Waals surface area contributed by atoms with E-state index in [1.165, 1.54) is 29.2 Å². The Labute approximate surface area is 309 Å². The lowest BCUT2D eigenvalue weighted by Crippen LogP contribution is -2.50. The largest absolute Gasteiger partial charge is 0.444 e. The van der Waals surface area contributed by atoms with Crippen molar-refractivity contribution in [2.24, 2.45) is 0 Å². The van der Waals surface area contributed by atoms with Crippen molar-refractivity contribution in [3.63, 3.8) is 0 Å². The number of amides is 4. The zero-order chi connectivity index (χ0) is 38.7. The number of carbonyl (C=O) groups excluding carboxylic acids is 3. The zero-order valence-electron chi connectivity index (χ0n) is 28.9. The van der Waals surface area contributed by atoms with Gasteiger partial charge < -0.3 is 20.0 Å². The number of aromatic nitrogens is 4. The first-order valence-electron chi connectivity index (χ1n) is 17.1. The van der Waals surface area contributed by atoms with Gasteiger partial charge in [0, 0.05) is 68.8 Å². The smallest absolute Gasteiger partial charge is 0.405 e. The van der Waals surface area contributed by atoms with E-state index >= 15 is 0 Å². The van der Waals surface area contributed by atoms with E-state index in [0.717, 1.165) is 36.3 Å². The minimum Gasteiger partial charge on any atom is -0.444 e. The summed E-state index contributed by atoms with van der Waals surface area (Å²) in [7, 11) is 0. The molecule has 0 aliphatic carbocycles. The summed E-state index contributed by atoms with van der Waals surface area (Å²) >= 11 is 0. The topological polar surface area (TPSA) is 154 Å². The van der Waals surface area contributed by atoms with Gasteiger partial charge in [-0.25, -0.2) is 28.2 Å². The molecule has 2 aliphatic heterocycles. The van der Waals surface area contributed by atoms with Crippen molar-refractivity contribution >= 4 is 40.7 Å². The average Bonchev–Trinajstić information content (AvgIpc) is 3.84. The molecule has 0 unspecified atom stereocenters. The predicted molar refractivity (Wildman–Crippen MR) is 190 cm³/mol. The summed E-state index contributed by atoms with van der Waals surface area (Å²) in [4.78, 5) is 51.1. The van der Waals surface area contributed by atoms with Crippen LogP contribution in [0.25, 0.3) is 17.1 Å². The van der Waals surface area contributed by atoms with Gasteiger partial charge in [0.2, 0.25) is 11.8 Å². The van der Waals surface area contributed by atoms with Gasteiger partial charge in [0.25, 0.3) is 12.3 Å². The molecule has 2 fully saturated rings. The third kappa shape index (κ3) is 8.72. The number of pyridine rings is 1. The fourth-order valence-corrected chi connectivity index (χ4v) is 6.25. The molecule has 2 aliphatic rings. The SMILES string of the molecule is O=C1CCN(c2ccccc2CN2CCN(c3ccc(-n4cc(NC(=O)c5coc(-c6ccnc(NCC(F)(F)F)c6)n5)c(C(F)F)n4)cc3)CC2)C(=O)N1. The number of nitrogens with zero attached hydrogens (tertiary/aromatic N) is 7. The molecule has 5 heterocycles. The number of carbonyl (C=O) groups is 3. The van der Waals surface area contributed by atoms with Crippen molar-refractivity contribution in [3.05, 3.63) is 96.3 Å². The molecule has 2 saturated heterocycles. The van der Waals surface area contributed by atoms with Gasteiger partial charge in [-0.15, -0.1) is 0 Å². The number of anilines is 4. The number of nitrogens with one attached hydrogen (secondary N) is 3. The number of piperazine rings is 1. The van der Waals surface area contributed by atoms with Gasteiger partial charge in [-0.3, -0.25) is 24.7 Å². The molecule has 5 aromatic rings. The average molecular weight is 765 g/mol. The van der Waals surface area contributed by atoms with Crippen molar-refractivity contribution in [2.75, 3.05) is 59.7 Å². The Kier molecular flexibility index (Phi) is 10.4. The highest BCUT2D eigenvalue weighted by atomic mass is 19.4. The quantitative estimate of drug-likeness (QED) is 0.140. The standard InChI is InChI=1S/C36H33F5N10O4/c37-32(38)31-26(44-33(53)27-20-55-34(45-27)22-9-11-42-29(17-22)43-21-36(39,40)41)19-51(47-31)25-7-5-24(6-8-25)49-15-13-48(14-16-49)18-23-3-1-2-4-28(23)50-12-10-30(52)46-35(50)54/h1-9,11,17,19-20,32H,10,12-16,18,21H2,(H,42,43)(H,44,53)(H,46,52,54). The molecule has 0 atom stereocenters. The normalized spacial score (nSPS) is 15.4. The molecule has 3 aromatic heterocycles. The number of imide groups is 1. The number of para-hydroxylation sites is 1. The van der Waals surface area contributed by atoms with Crippen LogP contribution < -0.4 is 25.8 Å². The van der Waals surface area contributed by atoms with Gasteiger partial charge in [0.15, 0.2) is 11.4 Å². The summed E-state index contributed by atoms with van der Waals surface area (Å²) < 4.78 is 72.4. The third-order valence-corrected chi connectivity index (χ3v) is 8.99. The molecule has 3 N–H and O–H groups in total. The molecule has 0 radical (unpaired) electrons. The van der Waals surface area contributed by atoms with Crippen molar-refractivity contribution in [2.45, 2.75) is 25.6 Å². The Morgan fingerprint density at radius 1 is 0.964 bits per heavy atom. The highest BCUT2D eigenvalue weighted by Crippen LogP contribution is 2.30. The maximum atomic E-state index is 14.0. The van der Waals surface area contributed by atoms with Crippen LogP contribution in [0.3, 0.4) is 0 Å². The number of oxazole rings is 1. The Morgan fingerprint density at radius 2 is 1.71 bits per heavy atom. The lowest BCUT2D eigenvalue weighted by Gasteiger charge is -2.37. The molecule has 19 heteroatoms. The molecule has 0 saturated carbocycles. The summed E-state index contributed by atoms with van der Waals surface area (Å²) in [5.74, 6) is -1.34. The molecule has 14 nitrogen and oxygen atoms in total. The molecule has 2 aromatic carbocycles. The van der Waals surface area contributed by atoms with Crippen LogP contribution in [0.1, 0.15) is 34.6 Å². The Morgan fingerprint density at radius 3 is 2.44 bits per heavy atom. The van der Waals surface area contributed by atoms with E-state index in [-0.39, 0.29) is 41.0 Å². The molecule has 0 bridgehead atoms.